The zero-order chi connectivity index (χ0) is 10.8. The van der Waals surface area contributed by atoms with Gasteiger partial charge in [-0.25, -0.2) is 0 Å². The van der Waals surface area contributed by atoms with E-state index in [-0.39, 0.29) is 11.9 Å². The maximum atomic E-state index is 12.0. The Morgan fingerprint density at radius 2 is 2.27 bits per heavy atom. The van der Waals surface area contributed by atoms with Gasteiger partial charge in [-0.1, -0.05) is 0 Å². The monoisotopic (exact) mass is 210 g/mol. The molecule has 2 saturated heterocycles. The van der Waals surface area contributed by atoms with Crippen molar-refractivity contribution < 1.29 is 9.53 Å². The molecule has 0 aromatic rings. The molecular weight excluding hydrogens is 192 g/mol. The minimum atomic E-state index is 0.155. The first-order valence-corrected chi connectivity index (χ1v) is 5.44. The minimum Gasteiger partial charge on any atom is -0.379 e. The van der Waals surface area contributed by atoms with Crippen LogP contribution in [0.2, 0.25) is 0 Å². The summed E-state index contributed by atoms with van der Waals surface area (Å²) >= 11 is 0. The molecule has 2 heterocycles. The van der Waals surface area contributed by atoms with Crippen molar-refractivity contribution in [2.75, 3.05) is 33.4 Å². The van der Waals surface area contributed by atoms with E-state index in [4.69, 9.17) is 4.74 Å². The van der Waals surface area contributed by atoms with Crippen molar-refractivity contribution in [2.45, 2.75) is 19.4 Å². The summed E-state index contributed by atoms with van der Waals surface area (Å²) in [5, 5.41) is 3.15. The Morgan fingerprint density at radius 1 is 1.53 bits per heavy atom. The van der Waals surface area contributed by atoms with Gasteiger partial charge in [-0.2, -0.15) is 0 Å². The Morgan fingerprint density at radius 3 is 2.73 bits per heavy atom. The first kappa shape index (κ1) is 10.6. The third-order valence-corrected chi connectivity index (χ3v) is 3.30. The van der Waals surface area contributed by atoms with E-state index < -0.39 is 0 Å². The topological polar surface area (TPSA) is 41.6 Å². The lowest BCUT2D eigenvalue weighted by molar-refractivity contribution is -0.127. The molecule has 15 heavy (non-hydrogen) atoms. The van der Waals surface area contributed by atoms with Crippen molar-refractivity contribution in [3.63, 3.8) is 0 Å². The second kappa shape index (κ2) is 4.33. The van der Waals surface area contributed by atoms with E-state index in [1.807, 2.05) is 18.9 Å². The minimum absolute atomic E-state index is 0.155. The molecule has 1 unspecified atom stereocenters. The molecule has 2 rings (SSSR count). The van der Waals surface area contributed by atoms with Crippen LogP contribution in [-0.4, -0.2) is 50.2 Å². The molecular formula is C11H18N2O2. The van der Waals surface area contributed by atoms with Gasteiger partial charge in [0.2, 0.25) is 5.91 Å². The number of nitrogens with zero attached hydrogens (tertiary/aromatic N) is 1. The Balaban J connectivity index is 2.00. The maximum absolute atomic E-state index is 12.0. The smallest absolute Gasteiger partial charge is 0.249 e. The molecule has 1 N–H and O–H groups in total. The molecule has 0 saturated carbocycles. The number of ether oxygens (including phenoxy) is 1. The van der Waals surface area contributed by atoms with Crippen LogP contribution in [0.3, 0.4) is 0 Å². The van der Waals surface area contributed by atoms with Gasteiger partial charge in [-0.15, -0.1) is 0 Å². The van der Waals surface area contributed by atoms with Gasteiger partial charge in [0.1, 0.15) is 0 Å². The quantitative estimate of drug-likeness (QED) is 0.660. The van der Waals surface area contributed by atoms with Gasteiger partial charge in [0.15, 0.2) is 0 Å². The molecule has 0 radical (unpaired) electrons. The molecule has 0 aromatic carbocycles. The number of hydrogen-bond donors (Lipinski definition) is 1. The average Bonchev–Trinajstić information content (AvgIpc) is 2.65. The van der Waals surface area contributed by atoms with Crippen molar-refractivity contribution in [3.8, 4) is 0 Å². The molecule has 84 valence electrons. The highest BCUT2D eigenvalue weighted by molar-refractivity contribution is 5.94. The Hall–Kier alpha value is -0.870. The standard InChI is InChI=1S/C11H18N2O2/c1-8(9-5-12-6-9)11(14)13(2)10-3-4-15-7-10/h10,12H,3-7H2,1-2H3. The van der Waals surface area contributed by atoms with Crippen LogP contribution in [-0.2, 0) is 9.53 Å². The SMILES string of the molecule is CC(C(=O)N(C)C1CCOC1)=C1CNC1. The van der Waals surface area contributed by atoms with Gasteiger partial charge >= 0.3 is 0 Å². The molecule has 1 amide bonds. The molecule has 0 aromatic heterocycles. The first-order chi connectivity index (χ1) is 7.20. The van der Waals surface area contributed by atoms with E-state index >= 15 is 0 Å². The summed E-state index contributed by atoms with van der Waals surface area (Å²) in [5.41, 5.74) is 2.15. The third-order valence-electron chi connectivity index (χ3n) is 3.30. The van der Waals surface area contributed by atoms with Gasteiger partial charge < -0.3 is 15.0 Å². The van der Waals surface area contributed by atoms with Gasteiger partial charge in [0.25, 0.3) is 0 Å². The molecule has 1 atom stereocenters. The van der Waals surface area contributed by atoms with Crippen LogP contribution >= 0.6 is 0 Å². The molecule has 2 aliphatic rings. The summed E-state index contributed by atoms with van der Waals surface area (Å²) in [6.07, 6.45) is 0.961. The lowest BCUT2D eigenvalue weighted by Gasteiger charge is -2.27. The summed E-state index contributed by atoms with van der Waals surface area (Å²) in [5.74, 6) is 0.155. The van der Waals surface area contributed by atoms with E-state index in [1.54, 1.807) is 0 Å². The average molecular weight is 210 g/mol. The lowest BCUT2D eigenvalue weighted by atomic mass is 10.0. The summed E-state index contributed by atoms with van der Waals surface area (Å²) in [7, 11) is 1.87. The number of nitrogens with one attached hydrogen (secondary N) is 1. The van der Waals surface area contributed by atoms with Gasteiger partial charge in [0, 0.05) is 32.3 Å². The third kappa shape index (κ3) is 2.06. The summed E-state index contributed by atoms with van der Waals surface area (Å²) in [6, 6.07) is 0.265. The summed E-state index contributed by atoms with van der Waals surface area (Å²) < 4.78 is 5.29. The van der Waals surface area contributed by atoms with Crippen molar-refractivity contribution >= 4 is 5.91 Å². The zero-order valence-corrected chi connectivity index (χ0v) is 9.38. The number of hydrogen-bond acceptors (Lipinski definition) is 3. The van der Waals surface area contributed by atoms with Crippen LogP contribution in [0.1, 0.15) is 13.3 Å². The van der Waals surface area contributed by atoms with Crippen LogP contribution in [0.4, 0.5) is 0 Å². The number of carbonyl (C=O) groups excluding carboxylic acids is 1. The molecule has 4 heteroatoms. The Labute approximate surface area is 90.3 Å². The fourth-order valence-electron chi connectivity index (χ4n) is 1.92. The highest BCUT2D eigenvalue weighted by Crippen LogP contribution is 2.16. The Bertz CT molecular complexity index is 287. The second-order valence-electron chi connectivity index (χ2n) is 4.27. The second-order valence-corrected chi connectivity index (χ2v) is 4.27. The molecule has 4 nitrogen and oxygen atoms in total. The van der Waals surface area contributed by atoms with Crippen LogP contribution < -0.4 is 5.32 Å². The lowest BCUT2D eigenvalue weighted by Crippen LogP contribution is -2.41. The fraction of sp³-hybridized carbons (Fsp3) is 0.727. The van der Waals surface area contributed by atoms with Crippen LogP contribution in [0.5, 0.6) is 0 Å². The van der Waals surface area contributed by atoms with Crippen molar-refractivity contribution in [1.82, 2.24) is 10.2 Å². The van der Waals surface area contributed by atoms with Gasteiger partial charge in [0.05, 0.1) is 12.6 Å². The van der Waals surface area contributed by atoms with Gasteiger partial charge in [-0.3, -0.25) is 4.79 Å². The predicted octanol–water partition coefficient (Wildman–Crippen LogP) is 0.153. The first-order valence-electron chi connectivity index (χ1n) is 5.44. The van der Waals surface area contributed by atoms with Gasteiger partial charge in [-0.05, 0) is 18.9 Å². The largest absolute Gasteiger partial charge is 0.379 e. The number of likely N-dealkylation sites (N-methyl/N-ethyl adjacent to an activating group) is 1. The molecule has 0 spiro atoms. The van der Waals surface area contributed by atoms with E-state index in [0.29, 0.717) is 6.61 Å². The van der Waals surface area contributed by atoms with E-state index in [9.17, 15) is 4.79 Å². The zero-order valence-electron chi connectivity index (χ0n) is 9.38. The van der Waals surface area contributed by atoms with Crippen LogP contribution in [0, 0.1) is 0 Å². The number of amides is 1. The highest BCUT2D eigenvalue weighted by atomic mass is 16.5. The highest BCUT2D eigenvalue weighted by Gasteiger charge is 2.26. The summed E-state index contributed by atoms with van der Waals surface area (Å²) in [6.45, 7) is 5.12. The maximum Gasteiger partial charge on any atom is 0.249 e. The molecule has 0 aliphatic carbocycles. The van der Waals surface area contributed by atoms with E-state index in [0.717, 1.165) is 31.7 Å². The number of rotatable bonds is 2. The van der Waals surface area contributed by atoms with E-state index in [1.165, 1.54) is 5.57 Å². The fourth-order valence-corrected chi connectivity index (χ4v) is 1.92. The normalized spacial score (nSPS) is 24.9. The van der Waals surface area contributed by atoms with Crippen molar-refractivity contribution in [2.24, 2.45) is 0 Å². The van der Waals surface area contributed by atoms with E-state index in [2.05, 4.69) is 5.32 Å². The number of carbonyl (C=O) groups is 1. The van der Waals surface area contributed by atoms with Crippen molar-refractivity contribution in [3.05, 3.63) is 11.1 Å². The Kier molecular flexibility index (Phi) is 3.07. The summed E-state index contributed by atoms with van der Waals surface area (Å²) in [4.78, 5) is 13.9. The van der Waals surface area contributed by atoms with Crippen LogP contribution in [0.15, 0.2) is 11.1 Å². The molecule has 2 aliphatic heterocycles. The van der Waals surface area contributed by atoms with Crippen LogP contribution in [0.25, 0.3) is 0 Å². The van der Waals surface area contributed by atoms with Crippen molar-refractivity contribution in [1.29, 1.82) is 0 Å². The predicted molar refractivity (Wildman–Crippen MR) is 57.6 cm³/mol. The molecule has 0 bridgehead atoms. The molecule has 2 fully saturated rings.